The summed E-state index contributed by atoms with van der Waals surface area (Å²) in [5, 5.41) is 8.64. The van der Waals surface area contributed by atoms with Crippen LogP contribution in [0.5, 0.6) is 0 Å². The van der Waals surface area contributed by atoms with Gasteiger partial charge >= 0.3 is 0 Å². The van der Waals surface area contributed by atoms with E-state index in [1.54, 1.807) is 17.0 Å². The summed E-state index contributed by atoms with van der Waals surface area (Å²) < 4.78 is 2.77. The number of benzene rings is 3. The molecular formula is C25H21BrN4O. The van der Waals surface area contributed by atoms with Gasteiger partial charge in [0.2, 0.25) is 0 Å². The van der Waals surface area contributed by atoms with E-state index in [1.807, 2.05) is 86.6 Å². The molecule has 1 amide bonds. The largest absolute Gasteiger partial charge is 0.291 e. The Labute approximate surface area is 189 Å². The van der Waals surface area contributed by atoms with Gasteiger partial charge in [0.15, 0.2) is 5.69 Å². The summed E-state index contributed by atoms with van der Waals surface area (Å²) in [7, 11) is 0. The van der Waals surface area contributed by atoms with Crippen LogP contribution in [-0.2, 0) is 0 Å². The van der Waals surface area contributed by atoms with Crippen LogP contribution in [0.4, 0.5) is 0 Å². The number of hydrogen-bond donors (Lipinski definition) is 1. The van der Waals surface area contributed by atoms with Gasteiger partial charge in [-0.05, 0) is 49.7 Å². The minimum atomic E-state index is -0.368. The van der Waals surface area contributed by atoms with Gasteiger partial charge in [-0.2, -0.15) is 10.2 Å². The monoisotopic (exact) mass is 472 g/mol. The van der Waals surface area contributed by atoms with Gasteiger partial charge in [0.1, 0.15) is 0 Å². The Morgan fingerprint density at radius 3 is 2.19 bits per heavy atom. The number of rotatable bonds is 5. The van der Waals surface area contributed by atoms with E-state index < -0.39 is 0 Å². The lowest BCUT2D eigenvalue weighted by Crippen LogP contribution is -2.18. The molecule has 6 heteroatoms. The SMILES string of the molecule is Cc1ccc(-c2cc(C(=O)N/N=C\c3ccc(Br)cc3)nn2-c2ccc(C)cc2)cc1. The van der Waals surface area contributed by atoms with Crippen LogP contribution < -0.4 is 5.43 Å². The van der Waals surface area contributed by atoms with Crippen LogP contribution in [-0.4, -0.2) is 21.9 Å². The minimum Gasteiger partial charge on any atom is -0.265 e. The Balaban J connectivity index is 1.63. The molecule has 5 nitrogen and oxygen atoms in total. The fraction of sp³-hybridized carbons (Fsp3) is 0.0800. The molecule has 1 N–H and O–H groups in total. The topological polar surface area (TPSA) is 59.3 Å². The number of aromatic nitrogens is 2. The van der Waals surface area contributed by atoms with Gasteiger partial charge in [0.05, 0.1) is 17.6 Å². The van der Waals surface area contributed by atoms with Crippen molar-refractivity contribution in [2.75, 3.05) is 0 Å². The van der Waals surface area contributed by atoms with Crippen LogP contribution in [0.1, 0.15) is 27.2 Å². The number of aryl methyl sites for hydroxylation is 2. The molecule has 0 unspecified atom stereocenters. The molecule has 0 bridgehead atoms. The highest BCUT2D eigenvalue weighted by Crippen LogP contribution is 2.25. The zero-order valence-electron chi connectivity index (χ0n) is 17.2. The lowest BCUT2D eigenvalue weighted by atomic mass is 10.1. The zero-order valence-corrected chi connectivity index (χ0v) is 18.8. The van der Waals surface area contributed by atoms with Gasteiger partial charge in [-0.25, -0.2) is 10.1 Å². The van der Waals surface area contributed by atoms with Crippen molar-refractivity contribution in [3.8, 4) is 16.9 Å². The molecule has 0 fully saturated rings. The molecule has 0 saturated carbocycles. The molecule has 0 aliphatic rings. The number of carbonyl (C=O) groups excluding carboxylic acids is 1. The molecule has 0 saturated heterocycles. The normalized spacial score (nSPS) is 11.1. The molecule has 0 aliphatic carbocycles. The third-order valence-corrected chi connectivity index (χ3v) is 5.35. The predicted molar refractivity (Wildman–Crippen MR) is 128 cm³/mol. The van der Waals surface area contributed by atoms with Crippen molar-refractivity contribution in [3.05, 3.63) is 106 Å². The fourth-order valence-electron chi connectivity index (χ4n) is 3.08. The van der Waals surface area contributed by atoms with Gasteiger partial charge in [0.25, 0.3) is 5.91 Å². The first-order valence-electron chi connectivity index (χ1n) is 9.83. The molecule has 4 aromatic rings. The van der Waals surface area contributed by atoms with E-state index in [0.29, 0.717) is 5.69 Å². The average Bonchev–Trinajstić information content (AvgIpc) is 3.22. The van der Waals surface area contributed by atoms with Gasteiger partial charge in [-0.3, -0.25) is 4.79 Å². The minimum absolute atomic E-state index is 0.295. The predicted octanol–water partition coefficient (Wildman–Crippen LogP) is 5.68. The lowest BCUT2D eigenvalue weighted by molar-refractivity contribution is 0.0949. The van der Waals surface area contributed by atoms with Crippen molar-refractivity contribution in [1.82, 2.24) is 15.2 Å². The third-order valence-electron chi connectivity index (χ3n) is 4.82. The Morgan fingerprint density at radius 2 is 1.55 bits per heavy atom. The molecule has 0 aliphatic heterocycles. The average molecular weight is 473 g/mol. The maximum Gasteiger partial charge on any atom is 0.291 e. The van der Waals surface area contributed by atoms with Crippen LogP contribution in [0.15, 0.2) is 88.4 Å². The van der Waals surface area contributed by atoms with Gasteiger partial charge in [0, 0.05) is 10.0 Å². The van der Waals surface area contributed by atoms with Gasteiger partial charge < -0.3 is 0 Å². The van der Waals surface area contributed by atoms with Crippen LogP contribution in [0.2, 0.25) is 0 Å². The lowest BCUT2D eigenvalue weighted by Gasteiger charge is -2.08. The molecule has 0 atom stereocenters. The molecule has 1 aromatic heterocycles. The van der Waals surface area contributed by atoms with Crippen molar-refractivity contribution in [3.63, 3.8) is 0 Å². The molecule has 3 aromatic carbocycles. The highest BCUT2D eigenvalue weighted by molar-refractivity contribution is 9.10. The van der Waals surface area contributed by atoms with Crippen LogP contribution >= 0.6 is 15.9 Å². The Morgan fingerprint density at radius 1 is 0.935 bits per heavy atom. The summed E-state index contributed by atoms with van der Waals surface area (Å²) in [4.78, 5) is 12.7. The van der Waals surface area contributed by atoms with E-state index in [1.165, 1.54) is 5.56 Å². The van der Waals surface area contributed by atoms with Crippen LogP contribution in [0.3, 0.4) is 0 Å². The quantitative estimate of drug-likeness (QED) is 0.299. The molecule has 0 radical (unpaired) electrons. The van der Waals surface area contributed by atoms with Crippen molar-refractivity contribution in [2.45, 2.75) is 13.8 Å². The molecule has 31 heavy (non-hydrogen) atoms. The van der Waals surface area contributed by atoms with Crippen LogP contribution in [0.25, 0.3) is 16.9 Å². The van der Waals surface area contributed by atoms with Crippen molar-refractivity contribution < 1.29 is 4.79 Å². The summed E-state index contributed by atoms with van der Waals surface area (Å²) in [6, 6.07) is 25.6. The molecule has 154 valence electrons. The second-order valence-corrected chi connectivity index (χ2v) is 8.19. The number of carbonyl (C=O) groups is 1. The molecule has 1 heterocycles. The van der Waals surface area contributed by atoms with Crippen LogP contribution in [0, 0.1) is 13.8 Å². The number of amides is 1. The standard InChI is InChI=1S/C25H21BrN4O/c1-17-3-9-20(10-4-17)24-15-23(29-30(24)22-13-5-18(2)6-14-22)25(31)28-27-16-19-7-11-21(26)12-8-19/h3-16H,1-2H3,(H,28,31)/b27-16-. The first kappa shape index (κ1) is 20.8. The second kappa shape index (κ2) is 9.10. The second-order valence-electron chi connectivity index (χ2n) is 7.28. The molecular weight excluding hydrogens is 452 g/mol. The van der Waals surface area contributed by atoms with Crippen molar-refractivity contribution >= 4 is 28.1 Å². The Kier molecular flexibility index (Phi) is 6.09. The maximum atomic E-state index is 12.7. The highest BCUT2D eigenvalue weighted by atomic mass is 79.9. The molecule has 4 rings (SSSR count). The Hall–Kier alpha value is -3.51. The fourth-order valence-corrected chi connectivity index (χ4v) is 3.34. The maximum absolute atomic E-state index is 12.7. The first-order valence-corrected chi connectivity index (χ1v) is 10.6. The van der Waals surface area contributed by atoms with Gasteiger partial charge in [-0.1, -0.05) is 75.6 Å². The number of hydrazone groups is 1. The summed E-state index contributed by atoms with van der Waals surface area (Å²) in [6.45, 7) is 4.08. The van der Waals surface area contributed by atoms with E-state index >= 15 is 0 Å². The van der Waals surface area contributed by atoms with E-state index in [9.17, 15) is 4.79 Å². The summed E-state index contributed by atoms with van der Waals surface area (Å²) in [5.41, 5.74) is 8.79. The summed E-state index contributed by atoms with van der Waals surface area (Å²) >= 11 is 3.40. The smallest absolute Gasteiger partial charge is 0.265 e. The van der Waals surface area contributed by atoms with E-state index in [2.05, 4.69) is 31.6 Å². The van der Waals surface area contributed by atoms with E-state index in [0.717, 1.165) is 32.5 Å². The third kappa shape index (κ3) is 4.98. The highest BCUT2D eigenvalue weighted by Gasteiger charge is 2.16. The summed E-state index contributed by atoms with van der Waals surface area (Å²) in [5.74, 6) is -0.368. The van der Waals surface area contributed by atoms with Crippen molar-refractivity contribution in [1.29, 1.82) is 0 Å². The Bertz CT molecular complexity index is 1160. The number of nitrogens with one attached hydrogen (secondary N) is 1. The van der Waals surface area contributed by atoms with Crippen molar-refractivity contribution in [2.24, 2.45) is 5.10 Å². The zero-order chi connectivity index (χ0) is 21.8. The summed E-state index contributed by atoms with van der Waals surface area (Å²) in [6.07, 6.45) is 1.60. The number of nitrogens with zero attached hydrogens (tertiary/aromatic N) is 3. The molecule has 0 spiro atoms. The van der Waals surface area contributed by atoms with E-state index in [-0.39, 0.29) is 5.91 Å². The number of hydrogen-bond acceptors (Lipinski definition) is 3. The van der Waals surface area contributed by atoms with Gasteiger partial charge in [-0.15, -0.1) is 0 Å². The number of halogens is 1. The first-order chi connectivity index (χ1) is 15.0. The van der Waals surface area contributed by atoms with E-state index in [4.69, 9.17) is 0 Å².